The van der Waals surface area contributed by atoms with E-state index < -0.39 is 0 Å². The van der Waals surface area contributed by atoms with Crippen molar-refractivity contribution in [1.29, 1.82) is 0 Å². The molecule has 0 amide bonds. The standard InChI is InChI=1S/C11H17NO/c1-8(9(2)12)10-6-4-5-7-11(10)13-3/h4-9H,12H2,1-3H3. The second kappa shape index (κ2) is 4.28. The number of para-hydroxylation sites is 1. The van der Waals surface area contributed by atoms with Crippen LogP contribution in [0, 0.1) is 0 Å². The predicted molar refractivity (Wildman–Crippen MR) is 55.1 cm³/mol. The van der Waals surface area contributed by atoms with Crippen LogP contribution < -0.4 is 10.5 Å². The van der Waals surface area contributed by atoms with Crippen LogP contribution in [0.3, 0.4) is 0 Å². The summed E-state index contributed by atoms with van der Waals surface area (Å²) < 4.78 is 5.26. The van der Waals surface area contributed by atoms with Crippen LogP contribution >= 0.6 is 0 Å². The zero-order chi connectivity index (χ0) is 9.84. The Bertz CT molecular complexity index is 271. The molecule has 1 aromatic rings. The molecular formula is C11H17NO. The minimum absolute atomic E-state index is 0.149. The molecule has 2 atom stereocenters. The Labute approximate surface area is 79.7 Å². The van der Waals surface area contributed by atoms with Crippen molar-refractivity contribution in [2.45, 2.75) is 25.8 Å². The van der Waals surface area contributed by atoms with E-state index in [0.717, 1.165) is 5.75 Å². The van der Waals surface area contributed by atoms with Crippen molar-refractivity contribution < 1.29 is 4.74 Å². The Balaban J connectivity index is 2.98. The summed E-state index contributed by atoms with van der Waals surface area (Å²) in [7, 11) is 1.69. The van der Waals surface area contributed by atoms with Gasteiger partial charge in [0.05, 0.1) is 7.11 Å². The third-order valence-corrected chi connectivity index (χ3v) is 2.42. The third-order valence-electron chi connectivity index (χ3n) is 2.42. The van der Waals surface area contributed by atoms with Gasteiger partial charge in [-0.15, -0.1) is 0 Å². The molecule has 0 bridgehead atoms. The van der Waals surface area contributed by atoms with E-state index in [1.807, 2.05) is 25.1 Å². The Hall–Kier alpha value is -1.02. The van der Waals surface area contributed by atoms with Gasteiger partial charge >= 0.3 is 0 Å². The fourth-order valence-electron chi connectivity index (χ4n) is 1.33. The zero-order valence-corrected chi connectivity index (χ0v) is 8.45. The van der Waals surface area contributed by atoms with E-state index in [9.17, 15) is 0 Å². The highest BCUT2D eigenvalue weighted by Crippen LogP contribution is 2.27. The first-order valence-electron chi connectivity index (χ1n) is 4.55. The SMILES string of the molecule is COc1ccccc1C(C)C(C)N. The number of hydrogen-bond donors (Lipinski definition) is 1. The van der Waals surface area contributed by atoms with Crippen molar-refractivity contribution >= 4 is 0 Å². The van der Waals surface area contributed by atoms with Gasteiger partial charge in [-0.1, -0.05) is 25.1 Å². The van der Waals surface area contributed by atoms with E-state index in [4.69, 9.17) is 10.5 Å². The van der Waals surface area contributed by atoms with Crippen LogP contribution in [0.2, 0.25) is 0 Å². The highest BCUT2D eigenvalue weighted by atomic mass is 16.5. The van der Waals surface area contributed by atoms with E-state index in [2.05, 4.69) is 13.0 Å². The third kappa shape index (κ3) is 2.22. The summed E-state index contributed by atoms with van der Waals surface area (Å²) in [6.07, 6.45) is 0. The highest BCUT2D eigenvalue weighted by Gasteiger charge is 2.13. The zero-order valence-electron chi connectivity index (χ0n) is 8.45. The molecular weight excluding hydrogens is 162 g/mol. The van der Waals surface area contributed by atoms with Crippen LogP contribution in [0.4, 0.5) is 0 Å². The number of ether oxygens (including phenoxy) is 1. The largest absolute Gasteiger partial charge is 0.496 e. The molecule has 0 aromatic heterocycles. The number of methoxy groups -OCH3 is 1. The summed E-state index contributed by atoms with van der Waals surface area (Å²) in [5.74, 6) is 1.25. The highest BCUT2D eigenvalue weighted by molar-refractivity contribution is 5.36. The minimum atomic E-state index is 0.149. The molecule has 0 radical (unpaired) electrons. The number of benzene rings is 1. The summed E-state index contributed by atoms with van der Waals surface area (Å²) in [5.41, 5.74) is 7.02. The van der Waals surface area contributed by atoms with Gasteiger partial charge in [-0.05, 0) is 24.5 Å². The first kappa shape index (κ1) is 10.1. The summed E-state index contributed by atoms with van der Waals surface area (Å²) in [6, 6.07) is 8.16. The first-order chi connectivity index (χ1) is 6.16. The second-order valence-electron chi connectivity index (χ2n) is 3.39. The average molecular weight is 179 g/mol. The molecule has 0 aliphatic rings. The molecule has 0 saturated heterocycles. The molecule has 1 aromatic carbocycles. The first-order valence-corrected chi connectivity index (χ1v) is 4.55. The number of hydrogen-bond acceptors (Lipinski definition) is 2. The molecule has 2 heteroatoms. The van der Waals surface area contributed by atoms with Crippen LogP contribution in [0.5, 0.6) is 5.75 Å². The van der Waals surface area contributed by atoms with E-state index in [-0.39, 0.29) is 6.04 Å². The summed E-state index contributed by atoms with van der Waals surface area (Å²) in [4.78, 5) is 0. The molecule has 1 rings (SSSR count). The fraction of sp³-hybridized carbons (Fsp3) is 0.455. The lowest BCUT2D eigenvalue weighted by Crippen LogP contribution is -2.22. The lowest BCUT2D eigenvalue weighted by Gasteiger charge is -2.18. The van der Waals surface area contributed by atoms with Crippen molar-refractivity contribution in [3.8, 4) is 5.75 Å². The van der Waals surface area contributed by atoms with Gasteiger partial charge in [0, 0.05) is 6.04 Å². The Morgan fingerprint density at radius 3 is 2.38 bits per heavy atom. The molecule has 2 N–H and O–H groups in total. The number of rotatable bonds is 3. The average Bonchev–Trinajstić information content (AvgIpc) is 2.16. The lowest BCUT2D eigenvalue weighted by atomic mass is 9.94. The minimum Gasteiger partial charge on any atom is -0.496 e. The van der Waals surface area contributed by atoms with Crippen molar-refractivity contribution in [2.24, 2.45) is 5.73 Å². The fourth-order valence-corrected chi connectivity index (χ4v) is 1.33. The van der Waals surface area contributed by atoms with Crippen LogP contribution in [0.1, 0.15) is 25.3 Å². The van der Waals surface area contributed by atoms with Gasteiger partial charge in [0.25, 0.3) is 0 Å². The molecule has 72 valence electrons. The molecule has 0 aliphatic heterocycles. The van der Waals surface area contributed by atoms with Crippen LogP contribution in [0.25, 0.3) is 0 Å². The Morgan fingerprint density at radius 1 is 1.23 bits per heavy atom. The molecule has 0 fully saturated rings. The topological polar surface area (TPSA) is 35.2 Å². The molecule has 0 aliphatic carbocycles. The number of nitrogens with two attached hydrogens (primary N) is 1. The van der Waals surface area contributed by atoms with Gasteiger partial charge in [0.2, 0.25) is 0 Å². The van der Waals surface area contributed by atoms with Crippen molar-refractivity contribution in [3.63, 3.8) is 0 Å². The maximum absolute atomic E-state index is 5.84. The van der Waals surface area contributed by atoms with Gasteiger partial charge in [-0.2, -0.15) is 0 Å². The molecule has 0 spiro atoms. The van der Waals surface area contributed by atoms with Crippen LogP contribution in [-0.4, -0.2) is 13.2 Å². The molecule has 2 nitrogen and oxygen atoms in total. The van der Waals surface area contributed by atoms with Crippen molar-refractivity contribution in [2.75, 3.05) is 7.11 Å². The monoisotopic (exact) mass is 179 g/mol. The van der Waals surface area contributed by atoms with Crippen LogP contribution in [0.15, 0.2) is 24.3 Å². The summed E-state index contributed by atoms with van der Waals surface area (Å²) in [6.45, 7) is 4.12. The molecule has 0 heterocycles. The molecule has 13 heavy (non-hydrogen) atoms. The quantitative estimate of drug-likeness (QED) is 0.771. The van der Waals surface area contributed by atoms with Gasteiger partial charge in [-0.3, -0.25) is 0 Å². The van der Waals surface area contributed by atoms with Gasteiger partial charge in [0.1, 0.15) is 5.75 Å². The van der Waals surface area contributed by atoms with Gasteiger partial charge in [0.15, 0.2) is 0 Å². The van der Waals surface area contributed by atoms with E-state index in [1.54, 1.807) is 7.11 Å². The van der Waals surface area contributed by atoms with E-state index >= 15 is 0 Å². The van der Waals surface area contributed by atoms with Crippen molar-refractivity contribution in [3.05, 3.63) is 29.8 Å². The second-order valence-corrected chi connectivity index (χ2v) is 3.39. The van der Waals surface area contributed by atoms with Gasteiger partial charge < -0.3 is 10.5 Å². The van der Waals surface area contributed by atoms with Crippen molar-refractivity contribution in [1.82, 2.24) is 0 Å². The normalized spacial score (nSPS) is 15.1. The Morgan fingerprint density at radius 2 is 1.85 bits per heavy atom. The Kier molecular flexibility index (Phi) is 3.32. The molecule has 0 saturated carbocycles. The van der Waals surface area contributed by atoms with Crippen LogP contribution in [-0.2, 0) is 0 Å². The lowest BCUT2D eigenvalue weighted by molar-refractivity contribution is 0.403. The summed E-state index contributed by atoms with van der Waals surface area (Å²) >= 11 is 0. The predicted octanol–water partition coefficient (Wildman–Crippen LogP) is 2.15. The smallest absolute Gasteiger partial charge is 0.122 e. The molecule has 2 unspecified atom stereocenters. The maximum atomic E-state index is 5.84. The van der Waals surface area contributed by atoms with E-state index in [0.29, 0.717) is 5.92 Å². The summed E-state index contributed by atoms with van der Waals surface area (Å²) in [5, 5.41) is 0. The maximum Gasteiger partial charge on any atom is 0.122 e. The van der Waals surface area contributed by atoms with Gasteiger partial charge in [-0.25, -0.2) is 0 Å². The van der Waals surface area contributed by atoms with E-state index in [1.165, 1.54) is 5.56 Å².